The van der Waals surface area contributed by atoms with E-state index in [0.717, 1.165) is 18.7 Å². The summed E-state index contributed by atoms with van der Waals surface area (Å²) < 4.78 is 0. The van der Waals surface area contributed by atoms with Crippen molar-refractivity contribution in [3.8, 4) is 0 Å². The minimum Gasteiger partial charge on any atom is -0.367 e. The zero-order valence-corrected chi connectivity index (χ0v) is 13.2. The first-order valence-corrected chi connectivity index (χ1v) is 8.10. The molecule has 2 N–H and O–H groups in total. The molecule has 1 aliphatic rings. The Morgan fingerprint density at radius 3 is 2.50 bits per heavy atom. The van der Waals surface area contributed by atoms with Crippen molar-refractivity contribution in [1.82, 2.24) is 4.98 Å². The van der Waals surface area contributed by atoms with Gasteiger partial charge in [-0.15, -0.1) is 0 Å². The van der Waals surface area contributed by atoms with Crippen LogP contribution in [0.2, 0.25) is 0 Å². The first kappa shape index (κ1) is 15.3. The molecule has 3 heteroatoms. The zero-order chi connectivity index (χ0) is 14.5. The number of nitrogens with two attached hydrogens (primary N) is 1. The number of pyridine rings is 1. The molecule has 1 atom stereocenters. The number of hydrogen-bond acceptors (Lipinski definition) is 3. The van der Waals surface area contributed by atoms with Crippen molar-refractivity contribution in [3.05, 3.63) is 24.0 Å². The molecule has 2 rings (SSSR count). The quantitative estimate of drug-likeness (QED) is 0.856. The van der Waals surface area contributed by atoms with Crippen LogP contribution in [0.25, 0.3) is 0 Å². The fourth-order valence-corrected chi connectivity index (χ4v) is 3.07. The molecule has 1 aromatic heterocycles. The first-order valence-electron chi connectivity index (χ1n) is 8.10. The van der Waals surface area contributed by atoms with Gasteiger partial charge >= 0.3 is 0 Å². The highest BCUT2D eigenvalue weighted by molar-refractivity contribution is 5.46. The number of aromatic nitrogens is 1. The van der Waals surface area contributed by atoms with Gasteiger partial charge in [-0.1, -0.05) is 33.6 Å². The third-order valence-corrected chi connectivity index (χ3v) is 4.25. The van der Waals surface area contributed by atoms with Crippen molar-refractivity contribution in [2.75, 3.05) is 11.4 Å². The fourth-order valence-electron chi connectivity index (χ4n) is 3.07. The highest BCUT2D eigenvalue weighted by atomic mass is 15.2. The maximum absolute atomic E-state index is 6.05. The third-order valence-electron chi connectivity index (χ3n) is 4.25. The molecule has 0 aliphatic heterocycles. The second-order valence-corrected chi connectivity index (χ2v) is 6.44. The highest BCUT2D eigenvalue weighted by Gasteiger charge is 2.23. The van der Waals surface area contributed by atoms with Gasteiger partial charge in [0, 0.05) is 18.6 Å². The molecular formula is C17H29N3. The summed E-state index contributed by atoms with van der Waals surface area (Å²) >= 11 is 0. The van der Waals surface area contributed by atoms with Crippen LogP contribution in [0.3, 0.4) is 0 Å². The molecule has 1 aromatic rings. The summed E-state index contributed by atoms with van der Waals surface area (Å²) in [5, 5.41) is 0. The monoisotopic (exact) mass is 275 g/mol. The number of hydrogen-bond donors (Lipinski definition) is 1. The van der Waals surface area contributed by atoms with Crippen LogP contribution in [0.15, 0.2) is 18.3 Å². The van der Waals surface area contributed by atoms with E-state index in [1.165, 1.54) is 31.4 Å². The van der Waals surface area contributed by atoms with Crippen molar-refractivity contribution >= 4 is 5.69 Å². The third kappa shape index (κ3) is 3.72. The minimum atomic E-state index is 0.0640. The Morgan fingerprint density at radius 2 is 2.00 bits per heavy atom. The van der Waals surface area contributed by atoms with E-state index in [9.17, 15) is 0 Å². The van der Waals surface area contributed by atoms with Crippen molar-refractivity contribution in [1.29, 1.82) is 0 Å². The van der Waals surface area contributed by atoms with Gasteiger partial charge in [0.2, 0.25) is 0 Å². The van der Waals surface area contributed by atoms with E-state index in [-0.39, 0.29) is 6.04 Å². The fraction of sp³-hybridized carbons (Fsp3) is 0.706. The van der Waals surface area contributed by atoms with Crippen molar-refractivity contribution < 1.29 is 0 Å². The molecule has 20 heavy (non-hydrogen) atoms. The molecule has 0 saturated heterocycles. The topological polar surface area (TPSA) is 42.1 Å². The van der Waals surface area contributed by atoms with Crippen molar-refractivity contribution in [2.45, 2.75) is 65.0 Å². The van der Waals surface area contributed by atoms with Gasteiger partial charge in [-0.05, 0) is 37.3 Å². The van der Waals surface area contributed by atoms with Gasteiger partial charge < -0.3 is 10.6 Å². The zero-order valence-electron chi connectivity index (χ0n) is 13.2. The Labute approximate surface area is 123 Å². The number of rotatable bonds is 6. The van der Waals surface area contributed by atoms with Crippen LogP contribution < -0.4 is 10.6 Å². The summed E-state index contributed by atoms with van der Waals surface area (Å²) in [4.78, 5) is 7.14. The molecule has 3 nitrogen and oxygen atoms in total. The molecule has 0 spiro atoms. The predicted molar refractivity (Wildman–Crippen MR) is 85.9 cm³/mol. The van der Waals surface area contributed by atoms with Crippen LogP contribution in [0, 0.1) is 5.92 Å². The summed E-state index contributed by atoms with van der Waals surface area (Å²) in [6, 6.07) is 5.07. The van der Waals surface area contributed by atoms with E-state index in [0.29, 0.717) is 12.0 Å². The summed E-state index contributed by atoms with van der Waals surface area (Å²) in [7, 11) is 0. The lowest BCUT2D eigenvalue weighted by Crippen LogP contribution is -2.36. The van der Waals surface area contributed by atoms with Gasteiger partial charge in [0.15, 0.2) is 0 Å². The first-order chi connectivity index (χ1) is 9.61. The maximum atomic E-state index is 6.05. The van der Waals surface area contributed by atoms with E-state index in [1.54, 1.807) is 0 Å². The number of nitrogens with zero attached hydrogens (tertiary/aromatic N) is 2. The minimum absolute atomic E-state index is 0.0640. The molecular weight excluding hydrogens is 246 g/mol. The molecule has 1 saturated carbocycles. The molecule has 112 valence electrons. The van der Waals surface area contributed by atoms with E-state index in [1.807, 2.05) is 6.20 Å². The Balaban J connectivity index is 2.15. The Bertz CT molecular complexity index is 393. The summed E-state index contributed by atoms with van der Waals surface area (Å²) in [5.74, 6) is 0.674. The standard InChI is InChI=1S/C17H29N3/c1-4-16(18)17-10-9-15(11-19-17)20(12-13(2)3)14-7-5-6-8-14/h9-11,13-14,16H,4-8,12,18H2,1-3H3/t16-/m0/s1. The molecule has 1 fully saturated rings. The van der Waals surface area contributed by atoms with Gasteiger partial charge in [-0.25, -0.2) is 0 Å². The molecule has 0 bridgehead atoms. The van der Waals surface area contributed by atoms with Gasteiger partial charge in [0.25, 0.3) is 0 Å². The Kier molecular flexibility index (Phi) is 5.41. The predicted octanol–water partition coefficient (Wildman–Crippen LogP) is 3.90. The number of anilines is 1. The van der Waals surface area contributed by atoms with Gasteiger partial charge in [0.1, 0.15) is 0 Å². The molecule has 0 amide bonds. The SMILES string of the molecule is CC[C@H](N)c1ccc(N(CC(C)C)C2CCCC2)cn1. The lowest BCUT2D eigenvalue weighted by Gasteiger charge is -2.32. The summed E-state index contributed by atoms with van der Waals surface area (Å²) in [6.07, 6.45) is 8.33. The van der Waals surface area contributed by atoms with Gasteiger partial charge in [-0.2, -0.15) is 0 Å². The molecule has 0 aromatic carbocycles. The van der Waals surface area contributed by atoms with Gasteiger partial charge in [0.05, 0.1) is 17.6 Å². The van der Waals surface area contributed by atoms with Crippen LogP contribution in [0.4, 0.5) is 5.69 Å². The van der Waals surface area contributed by atoms with E-state index >= 15 is 0 Å². The van der Waals surface area contributed by atoms with Crippen LogP contribution in [0.5, 0.6) is 0 Å². The molecule has 0 unspecified atom stereocenters. The lowest BCUT2D eigenvalue weighted by molar-refractivity contribution is 0.535. The van der Waals surface area contributed by atoms with E-state index in [2.05, 4.69) is 42.8 Å². The lowest BCUT2D eigenvalue weighted by atomic mass is 10.1. The van der Waals surface area contributed by atoms with Gasteiger partial charge in [-0.3, -0.25) is 4.98 Å². The second kappa shape index (κ2) is 7.07. The van der Waals surface area contributed by atoms with Crippen LogP contribution in [-0.4, -0.2) is 17.6 Å². The van der Waals surface area contributed by atoms with Crippen LogP contribution >= 0.6 is 0 Å². The highest BCUT2D eigenvalue weighted by Crippen LogP contribution is 2.29. The summed E-state index contributed by atoms with van der Waals surface area (Å²) in [5.41, 5.74) is 8.32. The average molecular weight is 275 g/mol. The van der Waals surface area contributed by atoms with Crippen molar-refractivity contribution in [3.63, 3.8) is 0 Å². The summed E-state index contributed by atoms with van der Waals surface area (Å²) in [6.45, 7) is 7.79. The van der Waals surface area contributed by atoms with Crippen molar-refractivity contribution in [2.24, 2.45) is 11.7 Å². The molecule has 1 aliphatic carbocycles. The Morgan fingerprint density at radius 1 is 1.30 bits per heavy atom. The Hall–Kier alpha value is -1.09. The normalized spacial score (nSPS) is 17.6. The van der Waals surface area contributed by atoms with E-state index < -0.39 is 0 Å². The maximum Gasteiger partial charge on any atom is 0.0572 e. The largest absolute Gasteiger partial charge is 0.367 e. The van der Waals surface area contributed by atoms with E-state index in [4.69, 9.17) is 5.73 Å². The molecule has 0 radical (unpaired) electrons. The average Bonchev–Trinajstić information content (AvgIpc) is 2.98. The smallest absolute Gasteiger partial charge is 0.0572 e. The second-order valence-electron chi connectivity index (χ2n) is 6.44. The molecule has 1 heterocycles. The van der Waals surface area contributed by atoms with Crippen LogP contribution in [0.1, 0.15) is 64.6 Å². The van der Waals surface area contributed by atoms with Crippen LogP contribution in [-0.2, 0) is 0 Å².